The van der Waals surface area contributed by atoms with Crippen molar-refractivity contribution in [2.24, 2.45) is 7.05 Å². The first-order valence-corrected chi connectivity index (χ1v) is 10.0. The molecule has 8 heteroatoms. The van der Waals surface area contributed by atoms with Crippen LogP contribution in [0.4, 0.5) is 4.79 Å². The normalized spacial score (nSPS) is 22.4. The molecular weight excluding hydrogens is 358 g/mol. The summed E-state index contributed by atoms with van der Waals surface area (Å²) in [6, 6.07) is 3.85. The molecule has 0 spiro atoms. The van der Waals surface area contributed by atoms with E-state index < -0.39 is 5.54 Å². The molecule has 28 heavy (non-hydrogen) atoms. The Morgan fingerprint density at radius 1 is 1.25 bits per heavy atom. The van der Waals surface area contributed by atoms with Crippen molar-refractivity contribution in [2.45, 2.75) is 51.1 Å². The van der Waals surface area contributed by atoms with Gasteiger partial charge in [0.2, 0.25) is 0 Å². The van der Waals surface area contributed by atoms with Gasteiger partial charge >= 0.3 is 6.03 Å². The first-order valence-electron chi connectivity index (χ1n) is 10.0. The highest BCUT2D eigenvalue weighted by molar-refractivity contribution is 6.06. The Labute approximate surface area is 166 Å². The van der Waals surface area contributed by atoms with Gasteiger partial charge in [-0.15, -0.1) is 0 Å². The number of likely N-dealkylation sites (tertiary alicyclic amines) is 1. The zero-order chi connectivity index (χ0) is 20.5. The van der Waals surface area contributed by atoms with E-state index in [1.54, 1.807) is 20.9 Å². The zero-order valence-electron chi connectivity index (χ0n) is 17.2. The number of carbonyl (C=O) groups is 3. The molecule has 0 aromatic carbocycles. The van der Waals surface area contributed by atoms with Crippen LogP contribution in [0.2, 0.25) is 0 Å². The van der Waals surface area contributed by atoms with E-state index in [1.165, 1.54) is 4.90 Å². The Morgan fingerprint density at radius 2 is 2.00 bits per heavy atom. The first-order chi connectivity index (χ1) is 13.3. The summed E-state index contributed by atoms with van der Waals surface area (Å²) in [7, 11) is 3.57. The summed E-state index contributed by atoms with van der Waals surface area (Å²) in [5.41, 5.74) is 0.975. The number of nitrogens with zero attached hydrogens (tertiary/aromatic N) is 3. The molecule has 3 rings (SSSR count). The molecule has 2 aliphatic heterocycles. The molecule has 0 aliphatic carbocycles. The fraction of sp³-hybridized carbons (Fsp3) is 0.650. The van der Waals surface area contributed by atoms with Crippen molar-refractivity contribution in [1.29, 1.82) is 0 Å². The minimum atomic E-state index is -0.815. The van der Waals surface area contributed by atoms with Crippen LogP contribution in [-0.2, 0) is 11.8 Å². The van der Waals surface area contributed by atoms with Gasteiger partial charge in [-0.3, -0.25) is 19.4 Å². The predicted molar refractivity (Wildman–Crippen MR) is 106 cm³/mol. The van der Waals surface area contributed by atoms with Crippen molar-refractivity contribution in [3.05, 3.63) is 23.5 Å². The number of rotatable bonds is 6. The maximum Gasteiger partial charge on any atom is 0.325 e. The van der Waals surface area contributed by atoms with Gasteiger partial charge in [-0.1, -0.05) is 6.42 Å². The summed E-state index contributed by atoms with van der Waals surface area (Å²) in [6.45, 7) is 5.67. The van der Waals surface area contributed by atoms with Gasteiger partial charge in [-0.25, -0.2) is 4.79 Å². The van der Waals surface area contributed by atoms with E-state index in [0.29, 0.717) is 12.2 Å². The summed E-state index contributed by atoms with van der Waals surface area (Å²) in [5, 5.41) is 5.41. The highest BCUT2D eigenvalue weighted by Gasteiger charge is 2.43. The quantitative estimate of drug-likeness (QED) is 0.724. The van der Waals surface area contributed by atoms with E-state index in [-0.39, 0.29) is 23.9 Å². The molecule has 154 valence electrons. The van der Waals surface area contributed by atoms with Crippen LogP contribution in [0.1, 0.15) is 61.8 Å². The highest BCUT2D eigenvalue weighted by atomic mass is 16.2. The van der Waals surface area contributed by atoms with Crippen LogP contribution in [0.3, 0.4) is 0 Å². The molecule has 0 radical (unpaired) electrons. The highest BCUT2D eigenvalue weighted by Crippen LogP contribution is 2.32. The predicted octanol–water partition coefficient (Wildman–Crippen LogP) is 1.63. The number of hydrogen-bond acceptors (Lipinski definition) is 4. The summed E-state index contributed by atoms with van der Waals surface area (Å²) in [5.74, 6) is -0.248. The van der Waals surface area contributed by atoms with E-state index in [9.17, 15) is 14.4 Å². The first kappa shape index (κ1) is 20.4. The molecule has 0 bridgehead atoms. The van der Waals surface area contributed by atoms with Crippen LogP contribution in [0.5, 0.6) is 0 Å². The van der Waals surface area contributed by atoms with E-state index >= 15 is 0 Å². The zero-order valence-corrected chi connectivity index (χ0v) is 17.2. The van der Waals surface area contributed by atoms with Crippen molar-refractivity contribution in [1.82, 2.24) is 25.0 Å². The van der Waals surface area contributed by atoms with Crippen LogP contribution in [0.15, 0.2) is 12.1 Å². The van der Waals surface area contributed by atoms with Crippen LogP contribution in [-0.4, -0.2) is 64.4 Å². The lowest BCUT2D eigenvalue weighted by Gasteiger charge is -2.36. The Balaban J connectivity index is 1.65. The fourth-order valence-electron chi connectivity index (χ4n) is 4.26. The van der Waals surface area contributed by atoms with E-state index in [4.69, 9.17) is 0 Å². The molecule has 2 N–H and O–H groups in total. The number of hydrogen-bond donors (Lipinski definition) is 2. The summed E-state index contributed by atoms with van der Waals surface area (Å²) < 4.78 is 1.97. The van der Waals surface area contributed by atoms with Gasteiger partial charge in [0.25, 0.3) is 11.8 Å². The minimum Gasteiger partial charge on any atom is -0.354 e. The second kappa shape index (κ2) is 7.95. The number of carbonyl (C=O) groups excluding carboxylic acids is 3. The second-order valence-electron chi connectivity index (χ2n) is 8.19. The number of urea groups is 1. The molecule has 1 atom stereocenters. The topological polar surface area (TPSA) is 86.7 Å². The molecule has 3 heterocycles. The molecule has 2 aliphatic rings. The minimum absolute atomic E-state index is 0.0858. The summed E-state index contributed by atoms with van der Waals surface area (Å²) >= 11 is 0. The Kier molecular flexibility index (Phi) is 5.79. The smallest absolute Gasteiger partial charge is 0.325 e. The largest absolute Gasteiger partial charge is 0.354 e. The van der Waals surface area contributed by atoms with Gasteiger partial charge in [0.1, 0.15) is 11.2 Å². The lowest BCUT2D eigenvalue weighted by molar-refractivity contribution is -0.130. The second-order valence-corrected chi connectivity index (χ2v) is 8.19. The van der Waals surface area contributed by atoms with Gasteiger partial charge in [0.05, 0.1) is 6.04 Å². The number of aromatic nitrogens is 1. The monoisotopic (exact) mass is 389 g/mol. The van der Waals surface area contributed by atoms with Crippen molar-refractivity contribution in [2.75, 3.05) is 26.7 Å². The van der Waals surface area contributed by atoms with Crippen molar-refractivity contribution >= 4 is 17.8 Å². The molecule has 8 nitrogen and oxygen atoms in total. The average molecular weight is 390 g/mol. The van der Waals surface area contributed by atoms with Gasteiger partial charge < -0.3 is 15.2 Å². The lowest BCUT2D eigenvalue weighted by Crippen LogP contribution is -2.41. The molecule has 2 saturated heterocycles. The third-order valence-corrected chi connectivity index (χ3v) is 5.85. The maximum absolute atomic E-state index is 12.3. The number of nitrogens with one attached hydrogen (secondary N) is 2. The van der Waals surface area contributed by atoms with Gasteiger partial charge in [0, 0.05) is 32.9 Å². The standard InChI is InChI=1S/C20H31N5O3/c1-20(2)18(27)25(19(28)22-20)13-7-12-24-11-6-5-8-15(24)14-9-10-16(23(14)4)17(26)21-3/h9-10,15H,5-8,11-13H2,1-4H3,(H,21,26)(H,22,28)/t15-/m0/s1. The SMILES string of the molecule is CNC(=O)c1ccc([C@@H]2CCCCN2CCCN2C(=O)NC(C)(C)C2=O)n1C. The molecule has 2 fully saturated rings. The lowest BCUT2D eigenvalue weighted by atomic mass is 9.99. The molecule has 0 saturated carbocycles. The van der Waals surface area contributed by atoms with Crippen molar-refractivity contribution < 1.29 is 14.4 Å². The third kappa shape index (κ3) is 3.78. The van der Waals surface area contributed by atoms with Crippen LogP contribution < -0.4 is 10.6 Å². The number of piperidine rings is 1. The summed E-state index contributed by atoms with van der Waals surface area (Å²) in [6.07, 6.45) is 4.07. The Hall–Kier alpha value is -2.35. The molecule has 0 unspecified atom stereocenters. The maximum atomic E-state index is 12.3. The van der Waals surface area contributed by atoms with E-state index in [0.717, 1.165) is 44.5 Å². The van der Waals surface area contributed by atoms with Gasteiger partial charge in [-0.05, 0) is 51.8 Å². The summed E-state index contributed by atoms with van der Waals surface area (Å²) in [4.78, 5) is 40.1. The van der Waals surface area contributed by atoms with E-state index in [2.05, 4.69) is 15.5 Å². The average Bonchev–Trinajstić information content (AvgIpc) is 3.13. The fourth-order valence-corrected chi connectivity index (χ4v) is 4.26. The van der Waals surface area contributed by atoms with Gasteiger partial charge in [-0.2, -0.15) is 0 Å². The third-order valence-electron chi connectivity index (χ3n) is 5.85. The van der Waals surface area contributed by atoms with Gasteiger partial charge in [0.15, 0.2) is 0 Å². The van der Waals surface area contributed by atoms with Crippen molar-refractivity contribution in [3.8, 4) is 0 Å². The molecule has 1 aromatic heterocycles. The Morgan fingerprint density at radius 3 is 2.64 bits per heavy atom. The van der Waals surface area contributed by atoms with Crippen LogP contribution in [0, 0.1) is 0 Å². The Bertz CT molecular complexity index is 770. The van der Waals surface area contributed by atoms with E-state index in [1.807, 2.05) is 23.7 Å². The molecule has 1 aromatic rings. The number of imide groups is 1. The molecular formula is C20H31N5O3. The van der Waals surface area contributed by atoms with Crippen LogP contribution in [0.25, 0.3) is 0 Å². The number of amides is 4. The van der Waals surface area contributed by atoms with Crippen LogP contribution >= 0.6 is 0 Å². The molecule has 4 amide bonds. The van der Waals surface area contributed by atoms with Crippen molar-refractivity contribution in [3.63, 3.8) is 0 Å².